The monoisotopic (exact) mass is 330 g/mol. The maximum atomic E-state index is 11.9. The number of aliphatic hydroxyl groups is 3. The maximum absolute atomic E-state index is 11.9. The number of carbonyl (C=O) groups is 1. The van der Waals surface area contributed by atoms with E-state index in [1.165, 1.54) is 13.8 Å². The second kappa shape index (κ2) is 6.49. The third-order valence-corrected chi connectivity index (χ3v) is 4.88. The summed E-state index contributed by atoms with van der Waals surface area (Å²) < 4.78 is 10.8. The average molecular weight is 330 g/mol. The molecule has 6 atom stereocenters. The molecule has 0 aromatic carbocycles. The third-order valence-electron chi connectivity index (χ3n) is 4.88. The second-order valence-corrected chi connectivity index (χ2v) is 6.91. The lowest BCUT2D eigenvalue weighted by Gasteiger charge is -2.44. The van der Waals surface area contributed by atoms with Gasteiger partial charge in [0.05, 0.1) is 36.8 Å². The van der Waals surface area contributed by atoms with Gasteiger partial charge >= 0.3 is 5.97 Å². The van der Waals surface area contributed by atoms with Crippen molar-refractivity contribution in [2.75, 3.05) is 13.2 Å². The zero-order valence-corrected chi connectivity index (χ0v) is 13.7. The van der Waals surface area contributed by atoms with Crippen molar-refractivity contribution in [2.45, 2.75) is 45.4 Å². The van der Waals surface area contributed by atoms with Crippen LogP contribution in [0.3, 0.4) is 0 Å². The predicted molar refractivity (Wildman–Crippen MR) is 80.2 cm³/mol. The Labute approximate surface area is 135 Å². The molecule has 0 heterocycles. The molecule has 2 rings (SSSR count). The summed E-state index contributed by atoms with van der Waals surface area (Å²) in [6, 6.07) is 0. The lowest BCUT2D eigenvalue weighted by Crippen LogP contribution is -2.56. The van der Waals surface area contributed by atoms with Crippen molar-refractivity contribution in [3.8, 4) is 0 Å². The summed E-state index contributed by atoms with van der Waals surface area (Å²) in [4.78, 5) is 11.9. The van der Waals surface area contributed by atoms with E-state index >= 15 is 0 Å². The van der Waals surface area contributed by atoms with Crippen LogP contribution in [0.2, 0.25) is 0 Å². The molecule has 0 spiro atoms. The zero-order chi connectivity index (χ0) is 17.4. The molecule has 4 N–H and O–H groups in total. The van der Waals surface area contributed by atoms with E-state index in [-0.39, 0.29) is 25.0 Å². The molecule has 6 unspecified atom stereocenters. The van der Waals surface area contributed by atoms with E-state index in [2.05, 4.69) is 0 Å². The van der Waals surface area contributed by atoms with E-state index in [0.717, 1.165) is 0 Å². The minimum absolute atomic E-state index is 0.200. The lowest BCUT2D eigenvalue weighted by atomic mass is 9.68. The van der Waals surface area contributed by atoms with Gasteiger partial charge in [0.1, 0.15) is 0 Å². The average Bonchev–Trinajstić information content (AvgIpc) is 3.03. The molecule has 0 aromatic heterocycles. The maximum Gasteiger partial charge on any atom is 0.310 e. The fourth-order valence-electron chi connectivity index (χ4n) is 3.74. The molecule has 7 heteroatoms. The Hall–Kier alpha value is -0.990. The predicted octanol–water partition coefficient (Wildman–Crippen LogP) is 0.340. The van der Waals surface area contributed by atoms with E-state index in [1.54, 1.807) is 6.92 Å². The Bertz CT molecular complexity index is 461. The molecule has 2 aliphatic rings. The Kier molecular flexibility index (Phi) is 5.18. The van der Waals surface area contributed by atoms with Crippen molar-refractivity contribution in [3.05, 3.63) is 12.2 Å². The van der Waals surface area contributed by atoms with Crippen LogP contribution in [0, 0.1) is 23.2 Å². The topological polar surface area (TPSA) is 116 Å². The Morgan fingerprint density at radius 3 is 2.22 bits per heavy atom. The fourth-order valence-corrected chi connectivity index (χ4v) is 3.74. The number of rotatable bonds is 8. The van der Waals surface area contributed by atoms with Gasteiger partial charge in [-0.2, -0.15) is 0 Å². The van der Waals surface area contributed by atoms with Gasteiger partial charge in [-0.3, -0.25) is 4.79 Å². The van der Waals surface area contributed by atoms with Crippen LogP contribution in [-0.2, 0) is 14.3 Å². The fraction of sp³-hybridized carbons (Fsp3) is 0.812. The van der Waals surface area contributed by atoms with Gasteiger partial charge in [0.2, 0.25) is 0 Å². The van der Waals surface area contributed by atoms with Crippen molar-refractivity contribution in [3.63, 3.8) is 0 Å². The van der Waals surface area contributed by atoms with Gasteiger partial charge in [-0.15, -0.1) is 0 Å². The van der Waals surface area contributed by atoms with Gasteiger partial charge in [0, 0.05) is 0 Å². The van der Waals surface area contributed by atoms with E-state index in [9.17, 15) is 25.2 Å². The number of aliphatic hydroxyl groups excluding tert-OH is 2. The van der Waals surface area contributed by atoms with Crippen LogP contribution in [0.4, 0.5) is 0 Å². The van der Waals surface area contributed by atoms with Crippen molar-refractivity contribution < 1.29 is 34.7 Å². The van der Waals surface area contributed by atoms with Crippen LogP contribution in [0.5, 0.6) is 0 Å². The summed E-state index contributed by atoms with van der Waals surface area (Å²) in [6.45, 7) is 4.15. The van der Waals surface area contributed by atoms with Gasteiger partial charge in [-0.05, 0) is 39.0 Å². The highest BCUT2D eigenvalue weighted by Crippen LogP contribution is 2.60. The van der Waals surface area contributed by atoms with Crippen LogP contribution in [0.15, 0.2) is 12.2 Å². The summed E-state index contributed by atoms with van der Waals surface area (Å²) in [5.74, 6) is -4.47. The molecule has 0 aliphatic heterocycles. The number of carboxylic acids is 1. The van der Waals surface area contributed by atoms with Crippen molar-refractivity contribution in [1.82, 2.24) is 0 Å². The number of ether oxygens (including phenoxy) is 2. The SMILES string of the molecule is CC(O)COC(O)(OCC(C)O)C1C2C=CC(C2)C1(C)C(=O)O. The van der Waals surface area contributed by atoms with Crippen molar-refractivity contribution >= 4 is 5.97 Å². The van der Waals surface area contributed by atoms with Crippen LogP contribution >= 0.6 is 0 Å². The Balaban J connectivity index is 2.32. The zero-order valence-electron chi connectivity index (χ0n) is 13.7. The molecule has 1 saturated carbocycles. The molecular formula is C16H26O7. The summed E-state index contributed by atoms with van der Waals surface area (Å²) in [5, 5.41) is 39.6. The number of hydrogen-bond acceptors (Lipinski definition) is 6. The highest BCUT2D eigenvalue weighted by Gasteiger charge is 2.66. The summed E-state index contributed by atoms with van der Waals surface area (Å²) in [6.07, 6.45) is 2.65. The van der Waals surface area contributed by atoms with E-state index < -0.39 is 35.5 Å². The van der Waals surface area contributed by atoms with Crippen LogP contribution in [0.1, 0.15) is 27.2 Å². The molecule has 23 heavy (non-hydrogen) atoms. The molecule has 0 aromatic rings. The molecule has 2 aliphatic carbocycles. The first kappa shape index (κ1) is 18.4. The van der Waals surface area contributed by atoms with E-state index in [0.29, 0.717) is 6.42 Å². The first-order valence-electron chi connectivity index (χ1n) is 7.89. The number of aliphatic carboxylic acids is 1. The van der Waals surface area contributed by atoms with Gasteiger partial charge in [-0.25, -0.2) is 0 Å². The van der Waals surface area contributed by atoms with Gasteiger partial charge in [-0.1, -0.05) is 12.2 Å². The molecule has 0 amide bonds. The number of hydrogen-bond donors (Lipinski definition) is 4. The number of allylic oxidation sites excluding steroid dienone is 2. The second-order valence-electron chi connectivity index (χ2n) is 6.91. The smallest absolute Gasteiger partial charge is 0.310 e. The summed E-state index contributed by atoms with van der Waals surface area (Å²) >= 11 is 0. The third kappa shape index (κ3) is 3.29. The summed E-state index contributed by atoms with van der Waals surface area (Å²) in [7, 11) is 0. The first-order valence-corrected chi connectivity index (χ1v) is 7.89. The molecule has 2 bridgehead atoms. The minimum atomic E-state index is -2.19. The first-order chi connectivity index (χ1) is 10.6. The molecule has 7 nitrogen and oxygen atoms in total. The van der Waals surface area contributed by atoms with E-state index in [1.807, 2.05) is 12.2 Å². The standard InChI is InChI=1S/C16H26O7/c1-9(17)7-22-16(21,23-8-10(2)18)13-11-4-5-12(6-11)15(13,3)14(19)20/h4-5,9-13,17-18,21H,6-8H2,1-3H3,(H,19,20). The molecule has 132 valence electrons. The van der Waals surface area contributed by atoms with Crippen molar-refractivity contribution in [2.24, 2.45) is 23.2 Å². The van der Waals surface area contributed by atoms with E-state index in [4.69, 9.17) is 9.47 Å². The van der Waals surface area contributed by atoms with Crippen molar-refractivity contribution in [1.29, 1.82) is 0 Å². The lowest BCUT2D eigenvalue weighted by molar-refractivity contribution is -0.406. The highest BCUT2D eigenvalue weighted by atomic mass is 16.8. The Morgan fingerprint density at radius 1 is 1.26 bits per heavy atom. The highest BCUT2D eigenvalue weighted by molar-refractivity contribution is 5.76. The Morgan fingerprint density at radius 2 is 1.78 bits per heavy atom. The van der Waals surface area contributed by atoms with Gasteiger partial charge in [0.15, 0.2) is 0 Å². The summed E-state index contributed by atoms with van der Waals surface area (Å²) in [5.41, 5.74) is -1.24. The molecule has 0 saturated heterocycles. The van der Waals surface area contributed by atoms with Gasteiger partial charge in [0.25, 0.3) is 5.97 Å². The van der Waals surface area contributed by atoms with Gasteiger partial charge < -0.3 is 29.9 Å². The number of fused-ring (bicyclic) bond motifs is 2. The normalized spacial score (nSPS) is 37.6. The minimum Gasteiger partial charge on any atom is -0.481 e. The van der Waals surface area contributed by atoms with Crippen LogP contribution in [0.25, 0.3) is 0 Å². The quantitative estimate of drug-likeness (QED) is 0.374. The van der Waals surface area contributed by atoms with Crippen LogP contribution in [-0.4, -0.2) is 57.8 Å². The number of carboxylic acid groups (broad SMARTS) is 1. The molecule has 0 radical (unpaired) electrons. The van der Waals surface area contributed by atoms with Crippen LogP contribution < -0.4 is 0 Å². The molecular weight excluding hydrogens is 304 g/mol. The molecule has 1 fully saturated rings. The largest absolute Gasteiger partial charge is 0.481 e.